The first-order valence-electron chi connectivity index (χ1n) is 9.14. The van der Waals surface area contributed by atoms with Crippen molar-refractivity contribution >= 4 is 21.4 Å². The number of benzene rings is 1. The van der Waals surface area contributed by atoms with Gasteiger partial charge in [-0.15, -0.1) is 0 Å². The Balaban J connectivity index is 1.63. The van der Waals surface area contributed by atoms with Crippen LogP contribution >= 0.6 is 0 Å². The maximum Gasteiger partial charge on any atom is 0.213 e. The summed E-state index contributed by atoms with van der Waals surface area (Å²) >= 11 is 0. The summed E-state index contributed by atoms with van der Waals surface area (Å²) < 4.78 is 31.3. The quantitative estimate of drug-likeness (QED) is 0.620. The molecule has 1 fully saturated rings. The summed E-state index contributed by atoms with van der Waals surface area (Å²) in [4.78, 5) is 2.34. The number of morpholine rings is 1. The van der Waals surface area contributed by atoms with E-state index in [0.29, 0.717) is 6.54 Å². The average molecular weight is 370 g/mol. The molecular weight excluding hydrogens is 338 g/mol. The number of anilines is 2. The van der Waals surface area contributed by atoms with Gasteiger partial charge in [0.1, 0.15) is 0 Å². The van der Waals surface area contributed by atoms with Crippen LogP contribution in [0, 0.1) is 0 Å². The van der Waals surface area contributed by atoms with Crippen molar-refractivity contribution in [2.24, 2.45) is 0 Å². The Bertz CT molecular complexity index is 614. The van der Waals surface area contributed by atoms with Crippen molar-refractivity contribution in [3.63, 3.8) is 0 Å². The highest BCUT2D eigenvalue weighted by atomic mass is 32.2. The van der Waals surface area contributed by atoms with Gasteiger partial charge in [-0.1, -0.05) is 12.5 Å². The van der Waals surface area contributed by atoms with E-state index in [9.17, 15) is 8.42 Å². The van der Waals surface area contributed by atoms with Crippen molar-refractivity contribution in [2.75, 3.05) is 49.6 Å². The number of ether oxygens (including phenoxy) is 1. The zero-order chi connectivity index (χ0) is 18.1. The molecule has 1 aliphatic heterocycles. The highest BCUT2D eigenvalue weighted by Crippen LogP contribution is 2.20. The Kier molecular flexibility index (Phi) is 7.99. The Morgan fingerprint density at radius 3 is 2.56 bits per heavy atom. The van der Waals surface area contributed by atoms with Crippen LogP contribution < -0.4 is 14.9 Å². The summed E-state index contributed by atoms with van der Waals surface area (Å²) in [6.07, 6.45) is 2.88. The van der Waals surface area contributed by atoms with E-state index in [1.165, 1.54) is 5.69 Å². The van der Waals surface area contributed by atoms with Crippen LogP contribution in [0.15, 0.2) is 24.3 Å². The highest BCUT2D eigenvalue weighted by Gasteiger charge is 2.14. The minimum Gasteiger partial charge on any atom is -0.385 e. The Morgan fingerprint density at radius 2 is 1.84 bits per heavy atom. The fraction of sp³-hybridized carbons (Fsp3) is 0.667. The zero-order valence-corrected chi connectivity index (χ0v) is 16.1. The molecule has 0 spiro atoms. The average Bonchev–Trinajstić information content (AvgIpc) is 2.62. The van der Waals surface area contributed by atoms with Gasteiger partial charge in [0.05, 0.1) is 18.5 Å². The van der Waals surface area contributed by atoms with Gasteiger partial charge in [-0.3, -0.25) is 0 Å². The van der Waals surface area contributed by atoms with Gasteiger partial charge in [0.25, 0.3) is 0 Å². The molecule has 25 heavy (non-hydrogen) atoms. The van der Waals surface area contributed by atoms with Crippen LogP contribution in [0.3, 0.4) is 0 Å². The highest BCUT2D eigenvalue weighted by molar-refractivity contribution is 7.90. The number of nitrogens with zero attached hydrogens (tertiary/aromatic N) is 1. The Hall–Kier alpha value is -1.31. The molecule has 0 amide bonds. The normalized spacial score (nSPS) is 15.6. The van der Waals surface area contributed by atoms with Crippen molar-refractivity contribution in [2.45, 2.75) is 38.4 Å². The first kappa shape index (κ1) is 20.0. The minimum absolute atomic E-state index is 0.368. The van der Waals surface area contributed by atoms with Gasteiger partial charge >= 0.3 is 0 Å². The van der Waals surface area contributed by atoms with Gasteiger partial charge in [0, 0.05) is 37.6 Å². The van der Waals surface area contributed by atoms with Crippen LogP contribution in [-0.2, 0) is 14.8 Å². The summed E-state index contributed by atoms with van der Waals surface area (Å²) in [5, 5.41) is 3.09. The molecule has 1 heterocycles. The monoisotopic (exact) mass is 369 g/mol. The number of hydrogen-bond donors (Lipinski definition) is 2. The second-order valence-electron chi connectivity index (χ2n) is 6.63. The van der Waals surface area contributed by atoms with Crippen molar-refractivity contribution in [3.8, 4) is 0 Å². The van der Waals surface area contributed by atoms with Crippen LogP contribution in [0.1, 0.15) is 33.1 Å². The fourth-order valence-corrected chi connectivity index (χ4v) is 3.44. The molecule has 2 rings (SSSR count). The first-order valence-corrected chi connectivity index (χ1v) is 10.7. The van der Waals surface area contributed by atoms with Crippen molar-refractivity contribution in [1.29, 1.82) is 0 Å². The van der Waals surface area contributed by atoms with E-state index in [-0.39, 0.29) is 5.25 Å². The van der Waals surface area contributed by atoms with Crippen LogP contribution in [0.4, 0.5) is 11.4 Å². The molecule has 1 aliphatic rings. The number of hydrogen-bond acceptors (Lipinski definition) is 5. The summed E-state index contributed by atoms with van der Waals surface area (Å²) in [6, 6.07) is 8.48. The SMILES string of the molecule is CC(C)S(=O)(=O)NCCCCCNc1cccc(N2CCOCC2)c1. The van der Waals surface area contributed by atoms with Crippen LogP contribution in [0.2, 0.25) is 0 Å². The van der Waals surface area contributed by atoms with E-state index in [1.54, 1.807) is 13.8 Å². The van der Waals surface area contributed by atoms with Gasteiger partial charge in [0.2, 0.25) is 10.0 Å². The molecule has 7 heteroatoms. The minimum atomic E-state index is -3.13. The lowest BCUT2D eigenvalue weighted by molar-refractivity contribution is 0.122. The fourth-order valence-electron chi connectivity index (χ4n) is 2.67. The van der Waals surface area contributed by atoms with E-state index < -0.39 is 10.0 Å². The standard InChI is InChI=1S/C18H31N3O3S/c1-16(2)25(22,23)20-10-5-3-4-9-19-17-7-6-8-18(15-17)21-11-13-24-14-12-21/h6-8,15-16,19-20H,3-5,9-14H2,1-2H3. The van der Waals surface area contributed by atoms with Crippen molar-refractivity contribution in [1.82, 2.24) is 4.72 Å². The van der Waals surface area contributed by atoms with Gasteiger partial charge in [-0.05, 0) is 44.9 Å². The number of sulfonamides is 1. The van der Waals surface area contributed by atoms with Gasteiger partial charge in [0.15, 0.2) is 0 Å². The summed E-state index contributed by atoms with van der Waals surface area (Å²) in [5.74, 6) is 0. The molecule has 0 unspecified atom stereocenters. The second kappa shape index (κ2) is 9.99. The molecule has 1 saturated heterocycles. The molecule has 0 radical (unpaired) electrons. The molecule has 1 aromatic rings. The lowest BCUT2D eigenvalue weighted by atomic mass is 10.2. The molecule has 0 saturated carbocycles. The molecule has 6 nitrogen and oxygen atoms in total. The molecule has 0 atom stereocenters. The maximum atomic E-state index is 11.6. The van der Waals surface area contributed by atoms with E-state index in [0.717, 1.165) is 57.8 Å². The molecule has 142 valence electrons. The second-order valence-corrected chi connectivity index (χ2v) is 8.95. The van der Waals surface area contributed by atoms with Gasteiger partial charge < -0.3 is 15.0 Å². The van der Waals surface area contributed by atoms with Crippen LogP contribution in [0.25, 0.3) is 0 Å². The van der Waals surface area contributed by atoms with E-state index in [2.05, 4.69) is 39.2 Å². The lowest BCUT2D eigenvalue weighted by Crippen LogP contribution is -2.36. The number of unbranched alkanes of at least 4 members (excludes halogenated alkanes) is 2. The third kappa shape index (κ3) is 6.84. The van der Waals surface area contributed by atoms with Gasteiger partial charge in [-0.2, -0.15) is 0 Å². The van der Waals surface area contributed by atoms with Crippen LogP contribution in [0.5, 0.6) is 0 Å². The summed E-state index contributed by atoms with van der Waals surface area (Å²) in [7, 11) is -3.13. The van der Waals surface area contributed by atoms with Crippen molar-refractivity contribution < 1.29 is 13.2 Å². The lowest BCUT2D eigenvalue weighted by Gasteiger charge is -2.29. The van der Waals surface area contributed by atoms with Gasteiger partial charge in [-0.25, -0.2) is 13.1 Å². The largest absolute Gasteiger partial charge is 0.385 e. The Labute approximate surface area is 152 Å². The number of rotatable bonds is 10. The molecule has 2 N–H and O–H groups in total. The third-order valence-electron chi connectivity index (χ3n) is 4.33. The van der Waals surface area contributed by atoms with E-state index in [1.807, 2.05) is 0 Å². The molecule has 0 bridgehead atoms. The molecule has 0 aromatic heterocycles. The molecule has 1 aromatic carbocycles. The zero-order valence-electron chi connectivity index (χ0n) is 15.3. The summed E-state index contributed by atoms with van der Waals surface area (Å²) in [5.41, 5.74) is 2.36. The third-order valence-corrected chi connectivity index (χ3v) is 6.18. The summed E-state index contributed by atoms with van der Waals surface area (Å²) in [6.45, 7) is 8.26. The van der Waals surface area contributed by atoms with E-state index in [4.69, 9.17) is 4.74 Å². The maximum absolute atomic E-state index is 11.6. The number of nitrogens with one attached hydrogen (secondary N) is 2. The first-order chi connectivity index (χ1) is 12.0. The van der Waals surface area contributed by atoms with Crippen LogP contribution in [-0.4, -0.2) is 53.1 Å². The predicted octanol–water partition coefficient (Wildman–Crippen LogP) is 2.43. The Morgan fingerprint density at radius 1 is 1.12 bits per heavy atom. The molecular formula is C18H31N3O3S. The van der Waals surface area contributed by atoms with Crippen molar-refractivity contribution in [3.05, 3.63) is 24.3 Å². The predicted molar refractivity (Wildman–Crippen MR) is 104 cm³/mol. The molecule has 0 aliphatic carbocycles. The van der Waals surface area contributed by atoms with E-state index >= 15 is 0 Å². The smallest absolute Gasteiger partial charge is 0.213 e. The topological polar surface area (TPSA) is 70.7 Å².